The van der Waals surface area contributed by atoms with E-state index in [4.69, 9.17) is 0 Å². The van der Waals surface area contributed by atoms with E-state index in [-0.39, 0.29) is 5.41 Å². The molecule has 0 aromatic carbocycles. The Hall–Kier alpha value is 0.177. The van der Waals surface area contributed by atoms with E-state index in [1.54, 1.807) is 0 Å². The molecule has 1 atom stereocenters. The zero-order chi connectivity index (χ0) is 8.58. The normalized spacial score (nSPS) is 19.2. The molecule has 1 nitrogen and oxygen atoms in total. The zero-order valence-electron chi connectivity index (χ0n) is 7.73. The molecule has 0 aliphatic rings. The van der Waals surface area contributed by atoms with Gasteiger partial charge >= 0.3 is 0 Å². The fourth-order valence-corrected chi connectivity index (χ4v) is 2.60. The summed E-state index contributed by atoms with van der Waals surface area (Å²) < 4.78 is 0. The Kier molecular flexibility index (Phi) is 2.71. The van der Waals surface area contributed by atoms with E-state index >= 15 is 0 Å². The standard InChI is InChI=1S/C8H19OSi/c1-7(2,3)8(4,9)10(5)6/h9-10H,4H2,1-3,5-6H3. The largest absolute Gasteiger partial charge is 0.393 e. The first-order valence-electron chi connectivity index (χ1n) is 3.77. The van der Waals surface area contributed by atoms with Gasteiger partial charge in [0, 0.05) is 0 Å². The maximum Gasteiger partial charge on any atom is 0.0698 e. The van der Waals surface area contributed by atoms with Gasteiger partial charge in [0.1, 0.15) is 0 Å². The zero-order valence-corrected chi connectivity index (χ0v) is 8.89. The SMILES string of the molecule is [CH2]C(O)([SiH](C)C)C(C)(C)C. The van der Waals surface area contributed by atoms with Crippen molar-refractivity contribution in [3.63, 3.8) is 0 Å². The summed E-state index contributed by atoms with van der Waals surface area (Å²) in [5.74, 6) is 0. The molecule has 0 bridgehead atoms. The molecule has 2 heteroatoms. The highest BCUT2D eigenvalue weighted by Crippen LogP contribution is 2.31. The number of hydrogen-bond donors (Lipinski definition) is 1. The first kappa shape index (κ1) is 10.2. The molecule has 0 rings (SSSR count). The molecule has 0 heterocycles. The molecular weight excluding hydrogens is 140 g/mol. The second kappa shape index (κ2) is 2.66. The fourth-order valence-electron chi connectivity index (χ4n) is 0.866. The van der Waals surface area contributed by atoms with Crippen molar-refractivity contribution in [1.29, 1.82) is 0 Å². The maximum atomic E-state index is 9.88. The number of rotatable bonds is 1. The summed E-state index contributed by atoms with van der Waals surface area (Å²) >= 11 is 0. The monoisotopic (exact) mass is 159 g/mol. The first-order chi connectivity index (χ1) is 4.19. The molecule has 0 amide bonds. The van der Waals surface area contributed by atoms with Crippen LogP contribution in [0.5, 0.6) is 0 Å². The van der Waals surface area contributed by atoms with Gasteiger partial charge in [0.15, 0.2) is 0 Å². The summed E-state index contributed by atoms with van der Waals surface area (Å²) in [5.41, 5.74) is -0.0760. The Morgan fingerprint density at radius 1 is 1.20 bits per heavy atom. The summed E-state index contributed by atoms with van der Waals surface area (Å²) in [6.07, 6.45) is 0. The second-order valence-electron chi connectivity index (χ2n) is 4.33. The van der Waals surface area contributed by atoms with Crippen molar-refractivity contribution in [2.75, 3.05) is 0 Å². The van der Waals surface area contributed by atoms with Crippen LogP contribution in [0.4, 0.5) is 0 Å². The van der Waals surface area contributed by atoms with Crippen LogP contribution in [0.25, 0.3) is 0 Å². The maximum absolute atomic E-state index is 9.88. The van der Waals surface area contributed by atoms with E-state index in [1.807, 2.05) is 20.8 Å². The predicted molar refractivity (Wildman–Crippen MR) is 48.6 cm³/mol. The third-order valence-corrected chi connectivity index (χ3v) is 5.03. The summed E-state index contributed by atoms with van der Waals surface area (Å²) in [5, 5.41) is 9.21. The van der Waals surface area contributed by atoms with E-state index in [0.717, 1.165) is 0 Å². The van der Waals surface area contributed by atoms with E-state index in [2.05, 4.69) is 20.0 Å². The van der Waals surface area contributed by atoms with E-state index in [9.17, 15) is 5.11 Å². The highest BCUT2D eigenvalue weighted by atomic mass is 28.3. The lowest BCUT2D eigenvalue weighted by Gasteiger charge is -2.39. The Morgan fingerprint density at radius 2 is 1.50 bits per heavy atom. The van der Waals surface area contributed by atoms with Crippen LogP contribution < -0.4 is 0 Å². The van der Waals surface area contributed by atoms with Gasteiger partial charge in [-0.1, -0.05) is 33.9 Å². The van der Waals surface area contributed by atoms with Crippen molar-refractivity contribution in [2.24, 2.45) is 5.41 Å². The van der Waals surface area contributed by atoms with E-state index < -0.39 is 14.0 Å². The van der Waals surface area contributed by atoms with Crippen molar-refractivity contribution in [3.05, 3.63) is 6.92 Å². The summed E-state index contributed by atoms with van der Waals surface area (Å²) in [7, 11) is -1.06. The third-order valence-electron chi connectivity index (χ3n) is 2.25. The molecule has 0 aliphatic carbocycles. The van der Waals surface area contributed by atoms with Crippen molar-refractivity contribution in [1.82, 2.24) is 0 Å². The van der Waals surface area contributed by atoms with Gasteiger partial charge < -0.3 is 5.11 Å². The van der Waals surface area contributed by atoms with Gasteiger partial charge in [-0.3, -0.25) is 0 Å². The molecule has 0 saturated heterocycles. The van der Waals surface area contributed by atoms with Gasteiger partial charge in [-0.05, 0) is 12.3 Å². The molecular formula is C8H19OSi. The smallest absolute Gasteiger partial charge is 0.0698 e. The van der Waals surface area contributed by atoms with Crippen LogP contribution >= 0.6 is 0 Å². The highest BCUT2D eigenvalue weighted by Gasteiger charge is 2.38. The lowest BCUT2D eigenvalue weighted by atomic mass is 9.89. The molecule has 1 N–H and O–H groups in total. The topological polar surface area (TPSA) is 20.2 Å². The molecule has 0 aliphatic heterocycles. The molecule has 0 aromatic heterocycles. The molecule has 1 unspecified atom stereocenters. The van der Waals surface area contributed by atoms with Crippen molar-refractivity contribution in [2.45, 2.75) is 39.1 Å². The molecule has 0 saturated carbocycles. The van der Waals surface area contributed by atoms with Crippen molar-refractivity contribution >= 4 is 8.80 Å². The fraction of sp³-hybridized carbons (Fsp3) is 0.875. The third kappa shape index (κ3) is 1.83. The van der Waals surface area contributed by atoms with Gasteiger partial charge in [-0.25, -0.2) is 0 Å². The Labute approximate surface area is 66.1 Å². The van der Waals surface area contributed by atoms with E-state index in [1.165, 1.54) is 0 Å². The molecule has 0 fully saturated rings. The van der Waals surface area contributed by atoms with Gasteiger partial charge in [0.05, 0.1) is 14.0 Å². The second-order valence-corrected chi connectivity index (χ2v) is 7.59. The van der Waals surface area contributed by atoms with Crippen LogP contribution in [0, 0.1) is 12.3 Å². The molecule has 10 heavy (non-hydrogen) atoms. The lowest BCUT2D eigenvalue weighted by Crippen LogP contribution is -2.50. The van der Waals surface area contributed by atoms with Crippen LogP contribution in [-0.2, 0) is 0 Å². The average Bonchev–Trinajstić information content (AvgIpc) is 1.62. The number of hydrogen-bond acceptors (Lipinski definition) is 1. The van der Waals surface area contributed by atoms with Crippen LogP contribution in [0.2, 0.25) is 13.1 Å². The Bertz CT molecular complexity index is 111. The lowest BCUT2D eigenvalue weighted by molar-refractivity contribution is 0.0538. The van der Waals surface area contributed by atoms with Crippen molar-refractivity contribution < 1.29 is 5.11 Å². The summed E-state index contributed by atoms with van der Waals surface area (Å²) in [6.45, 7) is 14.2. The van der Waals surface area contributed by atoms with Gasteiger partial charge in [0.25, 0.3) is 0 Å². The van der Waals surface area contributed by atoms with Gasteiger partial charge in [-0.15, -0.1) is 0 Å². The minimum absolute atomic E-state index is 0.0760. The van der Waals surface area contributed by atoms with Crippen LogP contribution in [0.1, 0.15) is 20.8 Å². The molecule has 61 valence electrons. The first-order valence-corrected chi connectivity index (χ1v) is 6.66. The highest BCUT2D eigenvalue weighted by molar-refractivity contribution is 6.59. The minimum Gasteiger partial charge on any atom is -0.393 e. The average molecular weight is 159 g/mol. The van der Waals surface area contributed by atoms with E-state index in [0.29, 0.717) is 0 Å². The van der Waals surface area contributed by atoms with Gasteiger partial charge in [-0.2, -0.15) is 0 Å². The van der Waals surface area contributed by atoms with Crippen LogP contribution in [-0.4, -0.2) is 19.1 Å². The minimum atomic E-state index is -1.06. The molecule has 1 radical (unpaired) electrons. The van der Waals surface area contributed by atoms with Crippen LogP contribution in [0.15, 0.2) is 0 Å². The number of aliphatic hydroxyl groups is 1. The Morgan fingerprint density at radius 3 is 1.50 bits per heavy atom. The quantitative estimate of drug-likeness (QED) is 0.577. The molecule has 0 spiro atoms. The van der Waals surface area contributed by atoms with Crippen molar-refractivity contribution in [3.8, 4) is 0 Å². The van der Waals surface area contributed by atoms with Gasteiger partial charge in [0.2, 0.25) is 0 Å². The Balaban J connectivity index is 4.40. The van der Waals surface area contributed by atoms with Crippen LogP contribution in [0.3, 0.4) is 0 Å². The molecule has 0 aromatic rings. The predicted octanol–water partition coefficient (Wildman–Crippen LogP) is 1.62. The summed E-state index contributed by atoms with van der Waals surface area (Å²) in [4.78, 5) is 0. The summed E-state index contributed by atoms with van der Waals surface area (Å²) in [6, 6.07) is 0.